The van der Waals surface area contributed by atoms with Gasteiger partial charge in [0.15, 0.2) is 0 Å². The first-order chi connectivity index (χ1) is 10.1. The molecule has 0 heterocycles. The molecule has 1 amide bonds. The van der Waals surface area contributed by atoms with Gasteiger partial charge in [-0.2, -0.15) is 0 Å². The fourth-order valence-electron chi connectivity index (χ4n) is 2.43. The predicted molar refractivity (Wildman–Crippen MR) is 93.1 cm³/mol. The molecule has 2 rings (SSSR count). The molecule has 0 spiro atoms. The number of benzene rings is 2. The molecule has 0 saturated carbocycles. The summed E-state index contributed by atoms with van der Waals surface area (Å²) in [5, 5.41) is 2.99. The molecule has 0 bridgehead atoms. The number of nitrogens with one attached hydrogen (secondary N) is 1. The Kier molecular flexibility index (Phi) is 7.09. The molecule has 2 atom stereocenters. The van der Waals surface area contributed by atoms with Crippen molar-refractivity contribution in [3.8, 4) is 0 Å². The van der Waals surface area contributed by atoms with Crippen molar-refractivity contribution in [1.82, 2.24) is 5.32 Å². The van der Waals surface area contributed by atoms with E-state index < -0.39 is 6.04 Å². The Morgan fingerprint density at radius 3 is 2.32 bits per heavy atom. The monoisotopic (exact) mass is 318 g/mol. The predicted octanol–water partition coefficient (Wildman–Crippen LogP) is 3.16. The molecular weight excluding hydrogens is 296 g/mol. The van der Waals surface area contributed by atoms with E-state index >= 15 is 0 Å². The van der Waals surface area contributed by atoms with Gasteiger partial charge in [0.1, 0.15) is 0 Å². The van der Waals surface area contributed by atoms with Gasteiger partial charge in [0.2, 0.25) is 5.91 Å². The number of hydrogen-bond acceptors (Lipinski definition) is 2. The number of carbonyl (C=O) groups excluding carboxylic acids is 1. The van der Waals surface area contributed by atoms with Crippen LogP contribution in [0.5, 0.6) is 0 Å². The molecule has 0 aliphatic carbocycles. The molecule has 3 nitrogen and oxygen atoms in total. The number of carbonyl (C=O) groups is 1. The molecule has 2 aromatic carbocycles. The topological polar surface area (TPSA) is 55.1 Å². The van der Waals surface area contributed by atoms with Crippen molar-refractivity contribution in [1.29, 1.82) is 0 Å². The van der Waals surface area contributed by atoms with Crippen molar-refractivity contribution < 1.29 is 4.79 Å². The standard InChI is InChI=1S/C18H22N2O.ClH/c1-13-8-6-7-11-16(13)14(2)20-18(21)17(19)12-15-9-4-3-5-10-15;/h3-11,14,17H,12,19H2,1-2H3,(H,20,21);1H. The van der Waals surface area contributed by atoms with Crippen molar-refractivity contribution in [2.45, 2.75) is 32.4 Å². The smallest absolute Gasteiger partial charge is 0.237 e. The molecule has 0 aromatic heterocycles. The van der Waals surface area contributed by atoms with Gasteiger partial charge in [-0.3, -0.25) is 4.79 Å². The summed E-state index contributed by atoms with van der Waals surface area (Å²) in [5.41, 5.74) is 9.37. The second kappa shape index (κ2) is 8.57. The van der Waals surface area contributed by atoms with E-state index in [0.717, 1.165) is 11.1 Å². The van der Waals surface area contributed by atoms with Gasteiger partial charge < -0.3 is 11.1 Å². The van der Waals surface area contributed by atoms with Gasteiger partial charge in [-0.05, 0) is 37.0 Å². The molecule has 0 aliphatic heterocycles. The molecule has 118 valence electrons. The lowest BCUT2D eigenvalue weighted by Crippen LogP contribution is -2.43. The van der Waals surface area contributed by atoms with Crippen LogP contribution in [0.4, 0.5) is 0 Å². The summed E-state index contributed by atoms with van der Waals surface area (Å²) in [7, 11) is 0. The zero-order valence-electron chi connectivity index (χ0n) is 13.0. The maximum Gasteiger partial charge on any atom is 0.237 e. The normalized spacial score (nSPS) is 12.9. The lowest BCUT2D eigenvalue weighted by atomic mass is 10.0. The first kappa shape index (κ1) is 18.2. The van der Waals surface area contributed by atoms with Crippen molar-refractivity contribution in [2.24, 2.45) is 5.73 Å². The summed E-state index contributed by atoms with van der Waals surface area (Å²) >= 11 is 0. The van der Waals surface area contributed by atoms with Gasteiger partial charge in [0.05, 0.1) is 12.1 Å². The minimum Gasteiger partial charge on any atom is -0.348 e. The SMILES string of the molecule is Cc1ccccc1C(C)NC(=O)C(N)Cc1ccccc1.Cl. The maximum atomic E-state index is 12.2. The molecule has 0 aliphatic rings. The third-order valence-corrected chi connectivity index (χ3v) is 3.65. The Morgan fingerprint density at radius 1 is 1.09 bits per heavy atom. The van der Waals surface area contributed by atoms with Gasteiger partial charge >= 0.3 is 0 Å². The lowest BCUT2D eigenvalue weighted by molar-refractivity contribution is -0.123. The maximum absolute atomic E-state index is 12.2. The van der Waals surface area contributed by atoms with Crippen LogP contribution in [0.25, 0.3) is 0 Å². The molecule has 3 N–H and O–H groups in total. The van der Waals surface area contributed by atoms with E-state index in [-0.39, 0.29) is 24.4 Å². The quantitative estimate of drug-likeness (QED) is 0.889. The van der Waals surface area contributed by atoms with E-state index in [1.54, 1.807) is 0 Å². The highest BCUT2D eigenvalue weighted by molar-refractivity contribution is 5.85. The Labute approximate surface area is 138 Å². The van der Waals surface area contributed by atoms with E-state index in [4.69, 9.17) is 5.73 Å². The van der Waals surface area contributed by atoms with Gasteiger partial charge in [0.25, 0.3) is 0 Å². The largest absolute Gasteiger partial charge is 0.348 e. The number of hydrogen-bond donors (Lipinski definition) is 2. The third-order valence-electron chi connectivity index (χ3n) is 3.65. The molecule has 4 heteroatoms. The zero-order chi connectivity index (χ0) is 15.2. The van der Waals surface area contributed by atoms with E-state index in [1.165, 1.54) is 5.56 Å². The van der Waals surface area contributed by atoms with Crippen LogP contribution in [-0.4, -0.2) is 11.9 Å². The third kappa shape index (κ3) is 4.86. The molecule has 0 saturated heterocycles. The van der Waals surface area contributed by atoms with Crippen LogP contribution in [0.3, 0.4) is 0 Å². The average Bonchev–Trinajstić information content (AvgIpc) is 2.48. The van der Waals surface area contributed by atoms with Crippen molar-refractivity contribution >= 4 is 18.3 Å². The Bertz CT molecular complexity index is 601. The highest BCUT2D eigenvalue weighted by atomic mass is 35.5. The fraction of sp³-hybridized carbons (Fsp3) is 0.278. The second-order valence-corrected chi connectivity index (χ2v) is 5.38. The molecule has 2 unspecified atom stereocenters. The number of rotatable bonds is 5. The first-order valence-corrected chi connectivity index (χ1v) is 7.23. The Balaban J connectivity index is 0.00000242. The van der Waals surface area contributed by atoms with Crippen molar-refractivity contribution in [3.63, 3.8) is 0 Å². The summed E-state index contributed by atoms with van der Waals surface area (Å²) in [6.45, 7) is 4.03. The van der Waals surface area contributed by atoms with Crippen LogP contribution < -0.4 is 11.1 Å². The van der Waals surface area contributed by atoms with Crippen molar-refractivity contribution in [2.75, 3.05) is 0 Å². The number of halogens is 1. The zero-order valence-corrected chi connectivity index (χ0v) is 13.8. The molecule has 0 radical (unpaired) electrons. The van der Waals surface area contributed by atoms with Crippen LogP contribution in [0.1, 0.15) is 29.7 Å². The number of amides is 1. The number of nitrogens with two attached hydrogens (primary N) is 1. The molecule has 2 aromatic rings. The Hall–Kier alpha value is -1.84. The van der Waals surface area contributed by atoms with E-state index in [9.17, 15) is 4.79 Å². The molecule has 22 heavy (non-hydrogen) atoms. The molecule has 0 fully saturated rings. The van der Waals surface area contributed by atoms with Crippen LogP contribution in [0.15, 0.2) is 54.6 Å². The summed E-state index contributed by atoms with van der Waals surface area (Å²) in [6, 6.07) is 17.3. The Morgan fingerprint density at radius 2 is 1.68 bits per heavy atom. The van der Waals surface area contributed by atoms with Crippen LogP contribution in [0.2, 0.25) is 0 Å². The van der Waals surface area contributed by atoms with E-state index in [0.29, 0.717) is 6.42 Å². The summed E-state index contributed by atoms with van der Waals surface area (Å²) in [5.74, 6) is -0.116. The van der Waals surface area contributed by atoms with Crippen molar-refractivity contribution in [3.05, 3.63) is 71.3 Å². The molecular formula is C18H23ClN2O. The van der Waals surface area contributed by atoms with Crippen LogP contribution in [0, 0.1) is 6.92 Å². The van der Waals surface area contributed by atoms with E-state index in [2.05, 4.69) is 5.32 Å². The average molecular weight is 319 g/mol. The van der Waals surface area contributed by atoms with Gasteiger partial charge in [-0.25, -0.2) is 0 Å². The highest BCUT2D eigenvalue weighted by Gasteiger charge is 2.17. The fourth-order valence-corrected chi connectivity index (χ4v) is 2.43. The number of aryl methyl sites for hydroxylation is 1. The van der Waals surface area contributed by atoms with E-state index in [1.807, 2.05) is 68.4 Å². The summed E-state index contributed by atoms with van der Waals surface area (Å²) in [4.78, 5) is 12.2. The minimum absolute atomic E-state index is 0. The first-order valence-electron chi connectivity index (χ1n) is 7.23. The van der Waals surface area contributed by atoms with Crippen LogP contribution >= 0.6 is 12.4 Å². The van der Waals surface area contributed by atoms with Gasteiger partial charge in [-0.1, -0.05) is 54.6 Å². The summed E-state index contributed by atoms with van der Waals surface area (Å²) < 4.78 is 0. The van der Waals surface area contributed by atoms with Gasteiger partial charge in [-0.15, -0.1) is 12.4 Å². The second-order valence-electron chi connectivity index (χ2n) is 5.38. The lowest BCUT2D eigenvalue weighted by Gasteiger charge is -2.19. The summed E-state index contributed by atoms with van der Waals surface area (Å²) in [6.07, 6.45) is 0.549. The van der Waals surface area contributed by atoms with Gasteiger partial charge in [0, 0.05) is 0 Å². The highest BCUT2D eigenvalue weighted by Crippen LogP contribution is 2.16. The van der Waals surface area contributed by atoms with Crippen LogP contribution in [-0.2, 0) is 11.2 Å². The minimum atomic E-state index is -0.529.